The summed E-state index contributed by atoms with van der Waals surface area (Å²) in [6.07, 6.45) is 6.02. The number of hydrogen-bond donors (Lipinski definition) is 0. The predicted octanol–water partition coefficient (Wildman–Crippen LogP) is 2.20. The van der Waals surface area contributed by atoms with E-state index >= 15 is 0 Å². The number of carbonyl (C=O) groups excluding carboxylic acids is 1. The largest absolute Gasteiger partial charge is 0.374 e. The van der Waals surface area contributed by atoms with Crippen LogP contribution >= 0.6 is 0 Å². The van der Waals surface area contributed by atoms with Crippen LogP contribution in [-0.4, -0.2) is 36.1 Å². The van der Waals surface area contributed by atoms with Crippen LogP contribution in [0.1, 0.15) is 46.0 Å². The van der Waals surface area contributed by atoms with Crippen molar-refractivity contribution in [1.82, 2.24) is 4.90 Å². The van der Waals surface area contributed by atoms with E-state index in [2.05, 4.69) is 11.8 Å². The van der Waals surface area contributed by atoms with Crippen LogP contribution in [0.3, 0.4) is 0 Å². The summed E-state index contributed by atoms with van der Waals surface area (Å²) in [6, 6.07) is 0.365. The Morgan fingerprint density at radius 2 is 2.19 bits per heavy atom. The average molecular weight is 225 g/mol. The first-order chi connectivity index (χ1) is 7.74. The minimum absolute atomic E-state index is 0.167. The number of hydrogen-bond acceptors (Lipinski definition) is 2. The van der Waals surface area contributed by atoms with Crippen LogP contribution in [0.25, 0.3) is 0 Å². The van der Waals surface area contributed by atoms with E-state index in [0.717, 1.165) is 32.4 Å². The van der Waals surface area contributed by atoms with Gasteiger partial charge in [0.25, 0.3) is 0 Å². The lowest BCUT2D eigenvalue weighted by Gasteiger charge is -2.44. The molecule has 3 nitrogen and oxygen atoms in total. The molecule has 0 aromatic heterocycles. The number of ether oxygens (including phenoxy) is 1. The van der Waals surface area contributed by atoms with Crippen molar-refractivity contribution in [2.45, 2.75) is 58.1 Å². The maximum atomic E-state index is 12.3. The van der Waals surface area contributed by atoms with Crippen LogP contribution < -0.4 is 0 Å². The minimum atomic E-state index is 0.167. The molecular formula is C13H23NO2. The molecule has 16 heavy (non-hydrogen) atoms. The second-order valence-electron chi connectivity index (χ2n) is 5.10. The van der Waals surface area contributed by atoms with Crippen molar-refractivity contribution in [3.8, 4) is 0 Å². The van der Waals surface area contributed by atoms with Crippen molar-refractivity contribution in [2.75, 3.05) is 13.2 Å². The minimum Gasteiger partial charge on any atom is -0.374 e. The molecule has 0 aromatic carbocycles. The zero-order chi connectivity index (χ0) is 11.5. The molecule has 0 bridgehead atoms. The predicted molar refractivity (Wildman–Crippen MR) is 63.2 cm³/mol. The topological polar surface area (TPSA) is 29.5 Å². The monoisotopic (exact) mass is 225 g/mol. The lowest BCUT2D eigenvalue weighted by molar-refractivity contribution is -0.153. The SMILES string of the molecule is CCC(C)C(=O)N1CCOC2CCCCC21. The molecule has 1 saturated carbocycles. The highest BCUT2D eigenvalue weighted by atomic mass is 16.5. The first-order valence-electron chi connectivity index (χ1n) is 6.66. The Morgan fingerprint density at radius 3 is 2.94 bits per heavy atom. The van der Waals surface area contributed by atoms with Gasteiger partial charge in [0, 0.05) is 12.5 Å². The van der Waals surface area contributed by atoms with Crippen molar-refractivity contribution in [3.05, 3.63) is 0 Å². The number of nitrogens with zero attached hydrogens (tertiary/aromatic N) is 1. The summed E-state index contributed by atoms with van der Waals surface area (Å²) in [4.78, 5) is 14.4. The van der Waals surface area contributed by atoms with Gasteiger partial charge in [-0.05, 0) is 19.3 Å². The summed E-state index contributed by atoms with van der Waals surface area (Å²) in [7, 11) is 0. The number of carbonyl (C=O) groups is 1. The fraction of sp³-hybridized carbons (Fsp3) is 0.923. The van der Waals surface area contributed by atoms with Crippen molar-refractivity contribution < 1.29 is 9.53 Å². The van der Waals surface area contributed by atoms with Gasteiger partial charge < -0.3 is 9.64 Å². The van der Waals surface area contributed by atoms with Gasteiger partial charge in [0.2, 0.25) is 5.91 Å². The standard InChI is InChI=1S/C13H23NO2/c1-3-10(2)13(15)14-8-9-16-12-7-5-4-6-11(12)14/h10-12H,3-9H2,1-2H3. The molecule has 0 radical (unpaired) electrons. The van der Waals surface area contributed by atoms with E-state index in [4.69, 9.17) is 4.74 Å². The van der Waals surface area contributed by atoms with E-state index in [1.165, 1.54) is 12.8 Å². The summed E-state index contributed by atoms with van der Waals surface area (Å²) < 4.78 is 5.78. The molecule has 2 fully saturated rings. The fourth-order valence-corrected chi connectivity index (χ4v) is 2.83. The van der Waals surface area contributed by atoms with Crippen molar-refractivity contribution in [3.63, 3.8) is 0 Å². The van der Waals surface area contributed by atoms with Crippen LogP contribution in [0.5, 0.6) is 0 Å². The van der Waals surface area contributed by atoms with Gasteiger partial charge in [0.15, 0.2) is 0 Å². The van der Waals surface area contributed by atoms with E-state index in [9.17, 15) is 4.79 Å². The Kier molecular flexibility index (Phi) is 3.85. The lowest BCUT2D eigenvalue weighted by atomic mass is 9.89. The lowest BCUT2D eigenvalue weighted by Crippen LogP contribution is -2.55. The average Bonchev–Trinajstić information content (AvgIpc) is 2.36. The van der Waals surface area contributed by atoms with Crippen LogP contribution in [0.2, 0.25) is 0 Å². The van der Waals surface area contributed by atoms with Crippen LogP contribution in [0.15, 0.2) is 0 Å². The second-order valence-corrected chi connectivity index (χ2v) is 5.10. The Labute approximate surface area is 98.1 Å². The molecule has 3 unspecified atom stereocenters. The van der Waals surface area contributed by atoms with Gasteiger partial charge in [0.05, 0.1) is 18.8 Å². The van der Waals surface area contributed by atoms with Crippen LogP contribution in [0, 0.1) is 5.92 Å². The molecule has 1 saturated heterocycles. The Hall–Kier alpha value is -0.570. The van der Waals surface area contributed by atoms with E-state index in [1.54, 1.807) is 0 Å². The second kappa shape index (κ2) is 5.17. The molecule has 1 aliphatic carbocycles. The number of fused-ring (bicyclic) bond motifs is 1. The molecule has 0 aromatic rings. The summed E-state index contributed by atoms with van der Waals surface area (Å²) in [5.74, 6) is 0.503. The third kappa shape index (κ3) is 2.24. The van der Waals surface area contributed by atoms with Crippen LogP contribution in [0.4, 0.5) is 0 Å². The molecule has 2 rings (SSSR count). The molecule has 1 aliphatic heterocycles. The van der Waals surface area contributed by atoms with Crippen LogP contribution in [-0.2, 0) is 9.53 Å². The molecule has 3 heteroatoms. The molecule has 2 aliphatic rings. The Morgan fingerprint density at radius 1 is 1.44 bits per heavy atom. The van der Waals surface area contributed by atoms with Gasteiger partial charge in [-0.3, -0.25) is 4.79 Å². The molecule has 0 N–H and O–H groups in total. The highest BCUT2D eigenvalue weighted by molar-refractivity contribution is 5.79. The first kappa shape index (κ1) is 11.9. The van der Waals surface area contributed by atoms with Crippen molar-refractivity contribution >= 4 is 5.91 Å². The van der Waals surface area contributed by atoms with E-state index < -0.39 is 0 Å². The van der Waals surface area contributed by atoms with Crippen molar-refractivity contribution in [1.29, 1.82) is 0 Å². The Balaban J connectivity index is 2.04. The van der Waals surface area contributed by atoms with Gasteiger partial charge in [-0.1, -0.05) is 26.7 Å². The maximum Gasteiger partial charge on any atom is 0.225 e. The van der Waals surface area contributed by atoms with Crippen molar-refractivity contribution in [2.24, 2.45) is 5.92 Å². The molecule has 92 valence electrons. The number of rotatable bonds is 2. The van der Waals surface area contributed by atoms with Gasteiger partial charge in [-0.25, -0.2) is 0 Å². The molecule has 0 spiro atoms. The summed E-state index contributed by atoms with van der Waals surface area (Å²) in [5, 5.41) is 0. The van der Waals surface area contributed by atoms with Gasteiger partial charge in [-0.2, -0.15) is 0 Å². The molecule has 1 amide bonds. The summed E-state index contributed by atoms with van der Waals surface area (Å²) >= 11 is 0. The highest BCUT2D eigenvalue weighted by Gasteiger charge is 2.37. The van der Waals surface area contributed by atoms with E-state index in [-0.39, 0.29) is 5.92 Å². The zero-order valence-electron chi connectivity index (χ0n) is 10.4. The smallest absolute Gasteiger partial charge is 0.225 e. The third-order valence-corrected chi connectivity index (χ3v) is 4.05. The van der Waals surface area contributed by atoms with Gasteiger partial charge in [-0.15, -0.1) is 0 Å². The third-order valence-electron chi connectivity index (χ3n) is 4.05. The molecular weight excluding hydrogens is 202 g/mol. The molecule has 3 atom stereocenters. The quantitative estimate of drug-likeness (QED) is 0.721. The van der Waals surface area contributed by atoms with Gasteiger partial charge >= 0.3 is 0 Å². The highest BCUT2D eigenvalue weighted by Crippen LogP contribution is 2.29. The zero-order valence-corrected chi connectivity index (χ0v) is 10.4. The summed E-state index contributed by atoms with van der Waals surface area (Å²) in [6.45, 7) is 5.64. The molecule has 1 heterocycles. The fourth-order valence-electron chi connectivity index (χ4n) is 2.83. The van der Waals surface area contributed by atoms with Gasteiger partial charge in [0.1, 0.15) is 0 Å². The van der Waals surface area contributed by atoms with E-state index in [1.807, 2.05) is 6.92 Å². The van der Waals surface area contributed by atoms with E-state index in [0.29, 0.717) is 18.1 Å². The number of amides is 1. The Bertz CT molecular complexity index is 252. The first-order valence-corrected chi connectivity index (χ1v) is 6.66. The normalized spacial score (nSPS) is 32.0. The summed E-state index contributed by atoms with van der Waals surface area (Å²) in [5.41, 5.74) is 0. The number of morpholine rings is 1. The maximum absolute atomic E-state index is 12.3.